The van der Waals surface area contributed by atoms with Crippen LogP contribution in [-0.4, -0.2) is 48.2 Å². The third-order valence-corrected chi connectivity index (χ3v) is 3.65. The van der Waals surface area contributed by atoms with Gasteiger partial charge in [0.05, 0.1) is 0 Å². The number of hydrogen-bond acceptors (Lipinski definition) is 3. The predicted octanol–water partition coefficient (Wildman–Crippen LogP) is 1.42. The monoisotopic (exact) mass is 230 g/mol. The van der Waals surface area contributed by atoms with E-state index >= 15 is 0 Å². The zero-order valence-corrected chi connectivity index (χ0v) is 11.4. The summed E-state index contributed by atoms with van der Waals surface area (Å²) in [7, 11) is 3.74. The lowest BCUT2D eigenvalue weighted by atomic mass is 9.97. The van der Waals surface area contributed by atoms with Crippen LogP contribution in [0, 0.1) is 5.92 Å². The van der Waals surface area contributed by atoms with Gasteiger partial charge in [0.25, 0.3) is 0 Å². The molecule has 0 aliphatic carbocycles. The maximum Gasteiger partial charge on any atom is 0.323 e. The smallest absolute Gasteiger partial charge is 0.323 e. The Morgan fingerprint density at radius 3 is 2.25 bits per heavy atom. The molecule has 0 aromatic heterocycles. The van der Waals surface area contributed by atoms with Gasteiger partial charge in [-0.05, 0) is 40.3 Å². The van der Waals surface area contributed by atoms with Crippen LogP contribution < -0.4 is 5.32 Å². The summed E-state index contributed by atoms with van der Waals surface area (Å²) in [5.41, 5.74) is -0.828. The van der Waals surface area contributed by atoms with Crippen molar-refractivity contribution < 1.29 is 9.90 Å². The lowest BCUT2D eigenvalue weighted by Crippen LogP contribution is -2.50. The number of hydrogen-bond donors (Lipinski definition) is 2. The number of carbonyl (C=O) groups is 1. The van der Waals surface area contributed by atoms with Gasteiger partial charge >= 0.3 is 5.97 Å². The van der Waals surface area contributed by atoms with Gasteiger partial charge in [0.1, 0.15) is 5.54 Å². The van der Waals surface area contributed by atoms with E-state index in [0.717, 1.165) is 6.54 Å². The first-order valence-electron chi connectivity index (χ1n) is 5.87. The van der Waals surface area contributed by atoms with Crippen LogP contribution in [0.25, 0.3) is 0 Å². The quantitative estimate of drug-likeness (QED) is 0.694. The average Bonchev–Trinajstić information content (AvgIpc) is 2.23. The fourth-order valence-corrected chi connectivity index (χ4v) is 1.45. The molecule has 0 radical (unpaired) electrons. The van der Waals surface area contributed by atoms with Crippen molar-refractivity contribution in [2.24, 2.45) is 5.92 Å². The molecule has 0 aromatic carbocycles. The maximum atomic E-state index is 11.1. The molecule has 0 aliphatic heterocycles. The van der Waals surface area contributed by atoms with Gasteiger partial charge in [-0.15, -0.1) is 0 Å². The first-order chi connectivity index (χ1) is 7.24. The molecule has 2 unspecified atom stereocenters. The average molecular weight is 230 g/mol. The van der Waals surface area contributed by atoms with Crippen molar-refractivity contribution in [3.05, 3.63) is 0 Å². The molecule has 0 bridgehead atoms. The third-order valence-electron chi connectivity index (χ3n) is 3.65. The second-order valence-corrected chi connectivity index (χ2v) is 5.10. The fraction of sp³-hybridized carbons (Fsp3) is 0.917. The molecule has 0 fully saturated rings. The minimum atomic E-state index is -0.828. The highest BCUT2D eigenvalue weighted by Crippen LogP contribution is 2.13. The molecular weight excluding hydrogens is 204 g/mol. The van der Waals surface area contributed by atoms with Gasteiger partial charge in [-0.3, -0.25) is 4.79 Å². The zero-order valence-electron chi connectivity index (χ0n) is 11.4. The van der Waals surface area contributed by atoms with E-state index in [9.17, 15) is 4.79 Å². The minimum Gasteiger partial charge on any atom is -0.480 e. The second-order valence-electron chi connectivity index (χ2n) is 5.10. The van der Waals surface area contributed by atoms with Gasteiger partial charge in [0.15, 0.2) is 0 Å². The minimum absolute atomic E-state index is 0.468. The molecule has 4 heteroatoms. The highest BCUT2D eigenvalue weighted by atomic mass is 16.4. The summed E-state index contributed by atoms with van der Waals surface area (Å²) in [5.74, 6) is -0.212. The van der Waals surface area contributed by atoms with E-state index in [1.165, 1.54) is 0 Å². The number of rotatable bonds is 7. The number of likely N-dealkylation sites (N-methyl/N-ethyl adjacent to an activating group) is 1. The van der Waals surface area contributed by atoms with E-state index in [2.05, 4.69) is 31.0 Å². The lowest BCUT2D eigenvalue weighted by molar-refractivity contribution is -0.144. The van der Waals surface area contributed by atoms with Crippen LogP contribution in [0.2, 0.25) is 0 Å². The summed E-state index contributed by atoms with van der Waals surface area (Å²) >= 11 is 0. The van der Waals surface area contributed by atoms with E-state index in [1.54, 1.807) is 14.0 Å². The summed E-state index contributed by atoms with van der Waals surface area (Å²) in [6.45, 7) is 9.03. The Morgan fingerprint density at radius 1 is 1.44 bits per heavy atom. The normalized spacial score (nSPS) is 17.5. The van der Waals surface area contributed by atoms with E-state index in [-0.39, 0.29) is 0 Å². The van der Waals surface area contributed by atoms with Crippen LogP contribution in [0.1, 0.15) is 34.1 Å². The Balaban J connectivity index is 4.27. The predicted molar refractivity (Wildman–Crippen MR) is 66.6 cm³/mol. The summed E-state index contributed by atoms with van der Waals surface area (Å²) in [5, 5.41) is 12.0. The summed E-state index contributed by atoms with van der Waals surface area (Å²) in [4.78, 5) is 13.3. The Bertz CT molecular complexity index is 231. The van der Waals surface area contributed by atoms with Gasteiger partial charge in [-0.2, -0.15) is 0 Å². The fourth-order valence-electron chi connectivity index (χ4n) is 1.45. The topological polar surface area (TPSA) is 52.6 Å². The van der Waals surface area contributed by atoms with Gasteiger partial charge in [-0.1, -0.05) is 13.8 Å². The number of carboxylic acid groups (broad SMARTS) is 1. The largest absolute Gasteiger partial charge is 0.480 e. The van der Waals surface area contributed by atoms with E-state index in [1.807, 2.05) is 7.05 Å². The molecule has 0 saturated carbocycles. The van der Waals surface area contributed by atoms with Crippen LogP contribution >= 0.6 is 0 Å². The van der Waals surface area contributed by atoms with Gasteiger partial charge in [0, 0.05) is 12.6 Å². The number of aliphatic carboxylic acids is 1. The zero-order chi connectivity index (χ0) is 12.9. The molecule has 0 saturated heterocycles. The van der Waals surface area contributed by atoms with Crippen LogP contribution in [-0.2, 0) is 4.79 Å². The standard InChI is InChI=1S/C12H26N2O2/c1-9(2)10(3)14(6)8-7-12(4,13-5)11(15)16/h9-10,13H,7-8H2,1-6H3,(H,15,16). The SMILES string of the molecule is CNC(C)(CCN(C)C(C)C(C)C)C(=O)O. The van der Waals surface area contributed by atoms with E-state index in [4.69, 9.17) is 5.11 Å². The molecule has 0 heterocycles. The van der Waals surface area contributed by atoms with Crippen molar-refractivity contribution in [3.63, 3.8) is 0 Å². The Morgan fingerprint density at radius 2 is 1.94 bits per heavy atom. The van der Waals surface area contributed by atoms with Crippen molar-refractivity contribution in [2.45, 2.75) is 45.7 Å². The highest BCUT2D eigenvalue weighted by molar-refractivity contribution is 5.78. The van der Waals surface area contributed by atoms with Crippen molar-refractivity contribution in [2.75, 3.05) is 20.6 Å². The van der Waals surface area contributed by atoms with Crippen molar-refractivity contribution in [1.29, 1.82) is 0 Å². The highest BCUT2D eigenvalue weighted by Gasteiger charge is 2.31. The number of carboxylic acids is 1. The molecule has 0 spiro atoms. The summed E-state index contributed by atoms with van der Waals surface area (Å²) in [6.07, 6.45) is 0.604. The van der Waals surface area contributed by atoms with Crippen LogP contribution in [0.5, 0.6) is 0 Å². The van der Waals surface area contributed by atoms with Crippen LogP contribution in [0.15, 0.2) is 0 Å². The third kappa shape index (κ3) is 4.10. The Hall–Kier alpha value is -0.610. The lowest BCUT2D eigenvalue weighted by Gasteiger charge is -2.31. The first kappa shape index (κ1) is 15.4. The molecular formula is C12H26N2O2. The molecule has 0 aromatic rings. The molecule has 2 N–H and O–H groups in total. The first-order valence-corrected chi connectivity index (χ1v) is 5.87. The van der Waals surface area contributed by atoms with Crippen LogP contribution in [0.4, 0.5) is 0 Å². The van der Waals surface area contributed by atoms with E-state index in [0.29, 0.717) is 18.4 Å². The molecule has 2 atom stereocenters. The molecule has 0 aliphatic rings. The number of nitrogens with zero attached hydrogens (tertiary/aromatic N) is 1. The molecule has 0 amide bonds. The van der Waals surface area contributed by atoms with Crippen LogP contribution in [0.3, 0.4) is 0 Å². The molecule has 96 valence electrons. The molecule has 4 nitrogen and oxygen atoms in total. The number of nitrogens with one attached hydrogen (secondary N) is 1. The van der Waals surface area contributed by atoms with Gasteiger partial charge in [-0.25, -0.2) is 0 Å². The Kier molecular flexibility index (Phi) is 5.97. The van der Waals surface area contributed by atoms with Crippen molar-refractivity contribution in [3.8, 4) is 0 Å². The van der Waals surface area contributed by atoms with Gasteiger partial charge in [0.2, 0.25) is 0 Å². The molecule has 0 rings (SSSR count). The van der Waals surface area contributed by atoms with Gasteiger partial charge < -0.3 is 15.3 Å². The second kappa shape index (κ2) is 6.21. The Labute approximate surface area is 99.0 Å². The summed E-state index contributed by atoms with van der Waals surface area (Å²) < 4.78 is 0. The van der Waals surface area contributed by atoms with Crippen molar-refractivity contribution >= 4 is 5.97 Å². The van der Waals surface area contributed by atoms with E-state index < -0.39 is 11.5 Å². The summed E-state index contributed by atoms with van der Waals surface area (Å²) in [6, 6.07) is 0.468. The molecule has 16 heavy (non-hydrogen) atoms. The van der Waals surface area contributed by atoms with Crippen molar-refractivity contribution in [1.82, 2.24) is 10.2 Å². The maximum absolute atomic E-state index is 11.1.